The molecule has 1 aliphatic rings. The predicted molar refractivity (Wildman–Crippen MR) is 81.0 cm³/mol. The van der Waals surface area contributed by atoms with E-state index in [1.807, 2.05) is 30.3 Å². The van der Waals surface area contributed by atoms with Crippen LogP contribution in [-0.2, 0) is 6.54 Å². The number of amides is 2. The second-order valence-corrected chi connectivity index (χ2v) is 5.62. The first kappa shape index (κ1) is 14.6. The van der Waals surface area contributed by atoms with Gasteiger partial charge < -0.3 is 20.2 Å². The van der Waals surface area contributed by atoms with Crippen LogP contribution < -0.4 is 10.6 Å². The second-order valence-electron chi connectivity index (χ2n) is 5.62. The molecule has 22 heavy (non-hydrogen) atoms. The summed E-state index contributed by atoms with van der Waals surface area (Å²) in [6.45, 7) is 0.563. The van der Waals surface area contributed by atoms with Crippen LogP contribution in [0.25, 0.3) is 11.5 Å². The van der Waals surface area contributed by atoms with Crippen molar-refractivity contribution in [3.63, 3.8) is 0 Å². The van der Waals surface area contributed by atoms with Crippen molar-refractivity contribution in [2.75, 3.05) is 6.54 Å². The highest BCUT2D eigenvalue weighted by molar-refractivity contribution is 5.73. The maximum absolute atomic E-state index is 11.7. The number of nitrogens with one attached hydrogen (secondary N) is 2. The third-order valence-electron chi connectivity index (χ3n) is 3.86. The Morgan fingerprint density at radius 2 is 2.05 bits per heavy atom. The van der Waals surface area contributed by atoms with Crippen LogP contribution >= 0.6 is 0 Å². The fourth-order valence-electron chi connectivity index (χ4n) is 2.34. The Hall–Kier alpha value is -2.34. The number of oxazole rings is 1. The van der Waals surface area contributed by atoms with E-state index in [1.54, 1.807) is 0 Å². The first-order chi connectivity index (χ1) is 10.6. The van der Waals surface area contributed by atoms with Crippen LogP contribution in [0.1, 0.15) is 25.0 Å². The van der Waals surface area contributed by atoms with Crippen molar-refractivity contribution in [1.29, 1.82) is 0 Å². The zero-order valence-electron chi connectivity index (χ0n) is 12.2. The monoisotopic (exact) mass is 301 g/mol. The van der Waals surface area contributed by atoms with E-state index >= 15 is 0 Å². The largest absolute Gasteiger partial charge is 0.444 e. The molecule has 2 amide bonds. The van der Waals surface area contributed by atoms with Gasteiger partial charge in [-0.05, 0) is 31.4 Å². The third kappa shape index (κ3) is 3.46. The van der Waals surface area contributed by atoms with E-state index in [1.165, 1.54) is 6.26 Å². The Bertz CT molecular complexity index is 635. The van der Waals surface area contributed by atoms with Gasteiger partial charge in [-0.1, -0.05) is 18.2 Å². The van der Waals surface area contributed by atoms with E-state index in [2.05, 4.69) is 15.6 Å². The number of carbonyl (C=O) groups excluding carboxylic acids is 1. The molecule has 1 aromatic carbocycles. The van der Waals surface area contributed by atoms with Crippen molar-refractivity contribution in [1.82, 2.24) is 15.6 Å². The zero-order valence-corrected chi connectivity index (χ0v) is 12.2. The van der Waals surface area contributed by atoms with E-state index in [0.29, 0.717) is 11.6 Å². The lowest BCUT2D eigenvalue weighted by molar-refractivity contribution is -0.0290. The molecule has 116 valence electrons. The van der Waals surface area contributed by atoms with Crippen molar-refractivity contribution >= 4 is 6.03 Å². The van der Waals surface area contributed by atoms with Gasteiger partial charge in [0.25, 0.3) is 0 Å². The number of aromatic nitrogens is 1. The molecule has 6 heteroatoms. The number of rotatable bonds is 5. The van der Waals surface area contributed by atoms with Gasteiger partial charge >= 0.3 is 6.03 Å². The molecule has 3 rings (SSSR count). The second kappa shape index (κ2) is 6.19. The summed E-state index contributed by atoms with van der Waals surface area (Å²) in [4.78, 5) is 16.0. The molecule has 2 aromatic rings. The maximum Gasteiger partial charge on any atom is 0.315 e. The highest BCUT2D eigenvalue weighted by Gasteiger charge is 2.34. The minimum Gasteiger partial charge on any atom is -0.444 e. The molecule has 0 aliphatic heterocycles. The average molecular weight is 301 g/mol. The third-order valence-corrected chi connectivity index (χ3v) is 3.86. The van der Waals surface area contributed by atoms with Gasteiger partial charge in [-0.25, -0.2) is 9.78 Å². The molecule has 6 nitrogen and oxygen atoms in total. The summed E-state index contributed by atoms with van der Waals surface area (Å²) in [5, 5.41) is 15.3. The van der Waals surface area contributed by atoms with Gasteiger partial charge in [-0.2, -0.15) is 0 Å². The molecule has 1 saturated carbocycles. The Morgan fingerprint density at radius 1 is 1.27 bits per heavy atom. The molecular weight excluding hydrogens is 282 g/mol. The van der Waals surface area contributed by atoms with Crippen molar-refractivity contribution in [3.8, 4) is 11.5 Å². The van der Waals surface area contributed by atoms with E-state index in [9.17, 15) is 9.90 Å². The van der Waals surface area contributed by atoms with Crippen LogP contribution in [0.5, 0.6) is 0 Å². The molecule has 0 saturated heterocycles. The maximum atomic E-state index is 11.7. The number of carbonyl (C=O) groups is 1. The van der Waals surface area contributed by atoms with E-state index in [-0.39, 0.29) is 19.1 Å². The smallest absolute Gasteiger partial charge is 0.315 e. The lowest BCUT2D eigenvalue weighted by Crippen LogP contribution is -2.49. The summed E-state index contributed by atoms with van der Waals surface area (Å²) >= 11 is 0. The molecule has 0 spiro atoms. The minimum absolute atomic E-state index is 0.278. The molecule has 1 fully saturated rings. The number of hydrogen-bond acceptors (Lipinski definition) is 4. The number of hydrogen-bond donors (Lipinski definition) is 3. The SMILES string of the molecule is O=C(NCc1coc(-c2ccccc2)n1)NCC1(O)CCC1. The van der Waals surface area contributed by atoms with Crippen LogP contribution in [0.3, 0.4) is 0 Å². The fourth-order valence-corrected chi connectivity index (χ4v) is 2.34. The highest BCUT2D eigenvalue weighted by atomic mass is 16.3. The fraction of sp³-hybridized carbons (Fsp3) is 0.375. The lowest BCUT2D eigenvalue weighted by Gasteiger charge is -2.36. The average Bonchev–Trinajstić information content (AvgIpc) is 2.99. The van der Waals surface area contributed by atoms with Gasteiger partial charge in [0.2, 0.25) is 5.89 Å². The minimum atomic E-state index is -0.717. The molecule has 0 radical (unpaired) electrons. The number of nitrogens with zero attached hydrogens (tertiary/aromatic N) is 1. The van der Waals surface area contributed by atoms with Gasteiger partial charge in [-0.15, -0.1) is 0 Å². The molecule has 1 heterocycles. The number of urea groups is 1. The van der Waals surface area contributed by atoms with E-state index in [4.69, 9.17) is 4.42 Å². The summed E-state index contributed by atoms with van der Waals surface area (Å²) in [6.07, 6.45) is 4.04. The topological polar surface area (TPSA) is 87.4 Å². The highest BCUT2D eigenvalue weighted by Crippen LogP contribution is 2.30. The summed E-state index contributed by atoms with van der Waals surface area (Å²) in [5.74, 6) is 0.529. The van der Waals surface area contributed by atoms with E-state index in [0.717, 1.165) is 24.8 Å². The zero-order chi connectivity index (χ0) is 15.4. The Balaban J connectivity index is 1.47. The van der Waals surface area contributed by atoms with Crippen molar-refractivity contribution in [3.05, 3.63) is 42.3 Å². The van der Waals surface area contributed by atoms with Crippen LogP contribution in [0.15, 0.2) is 41.0 Å². The van der Waals surface area contributed by atoms with Crippen LogP contribution in [-0.4, -0.2) is 28.3 Å². The lowest BCUT2D eigenvalue weighted by atomic mass is 9.80. The summed E-state index contributed by atoms with van der Waals surface area (Å²) in [6, 6.07) is 9.26. The normalized spacial score (nSPS) is 15.9. The molecule has 0 unspecified atom stereocenters. The molecule has 3 N–H and O–H groups in total. The Kier molecular flexibility index (Phi) is 4.11. The molecule has 1 aliphatic carbocycles. The predicted octanol–water partition coefficient (Wildman–Crippen LogP) is 2.06. The van der Waals surface area contributed by atoms with Crippen molar-refractivity contribution < 1.29 is 14.3 Å². The van der Waals surface area contributed by atoms with E-state index < -0.39 is 5.60 Å². The molecule has 0 atom stereocenters. The quantitative estimate of drug-likeness (QED) is 0.789. The Labute approximate surface area is 128 Å². The first-order valence-electron chi connectivity index (χ1n) is 7.39. The summed E-state index contributed by atoms with van der Waals surface area (Å²) < 4.78 is 5.40. The molecule has 0 bridgehead atoms. The van der Waals surface area contributed by atoms with Gasteiger partial charge in [-0.3, -0.25) is 0 Å². The summed E-state index contributed by atoms with van der Waals surface area (Å²) in [5.41, 5.74) is 0.827. The first-order valence-corrected chi connectivity index (χ1v) is 7.39. The number of benzene rings is 1. The summed E-state index contributed by atoms with van der Waals surface area (Å²) in [7, 11) is 0. The molecule has 1 aromatic heterocycles. The van der Waals surface area contributed by atoms with Gasteiger partial charge in [0, 0.05) is 12.1 Å². The van der Waals surface area contributed by atoms with Crippen LogP contribution in [0.2, 0.25) is 0 Å². The van der Waals surface area contributed by atoms with Gasteiger partial charge in [0.15, 0.2) is 0 Å². The van der Waals surface area contributed by atoms with Crippen molar-refractivity contribution in [2.24, 2.45) is 0 Å². The molecular formula is C16H19N3O3. The van der Waals surface area contributed by atoms with Crippen LogP contribution in [0, 0.1) is 0 Å². The van der Waals surface area contributed by atoms with Crippen molar-refractivity contribution in [2.45, 2.75) is 31.4 Å². The Morgan fingerprint density at radius 3 is 2.73 bits per heavy atom. The number of aliphatic hydroxyl groups is 1. The van der Waals surface area contributed by atoms with Gasteiger partial charge in [0.05, 0.1) is 17.8 Å². The van der Waals surface area contributed by atoms with Crippen LogP contribution in [0.4, 0.5) is 4.79 Å². The van der Waals surface area contributed by atoms with Gasteiger partial charge in [0.1, 0.15) is 6.26 Å². The standard InChI is InChI=1S/C16H19N3O3/c20-15(18-11-16(21)7-4-8-16)17-9-13-10-22-14(19-13)12-5-2-1-3-6-12/h1-3,5-6,10,21H,4,7-9,11H2,(H2,17,18,20).